The van der Waals surface area contributed by atoms with E-state index in [1.807, 2.05) is 19.1 Å². The molecule has 1 heterocycles. The molecule has 1 unspecified atom stereocenters. The number of likely N-dealkylation sites (tertiary alicyclic amines) is 1. The molecule has 0 bridgehead atoms. The zero-order valence-electron chi connectivity index (χ0n) is 10.9. The molecular formula is C14H17ClN2OS. The highest BCUT2D eigenvalue weighted by Crippen LogP contribution is 2.25. The van der Waals surface area contributed by atoms with E-state index in [0.717, 1.165) is 24.8 Å². The van der Waals surface area contributed by atoms with Crippen molar-refractivity contribution in [2.75, 3.05) is 6.54 Å². The number of carbonyl (C=O) groups is 1. The molecule has 1 aromatic carbocycles. The molecule has 2 rings (SSSR count). The molecule has 0 aliphatic carbocycles. The van der Waals surface area contributed by atoms with E-state index < -0.39 is 0 Å². The minimum Gasteiger partial charge on any atom is -0.392 e. The lowest BCUT2D eigenvalue weighted by Gasteiger charge is -2.35. The van der Waals surface area contributed by atoms with Gasteiger partial charge in [-0.1, -0.05) is 36.0 Å². The molecule has 1 aliphatic rings. The molecule has 102 valence electrons. The average molecular weight is 297 g/mol. The van der Waals surface area contributed by atoms with Gasteiger partial charge in [0.15, 0.2) is 0 Å². The van der Waals surface area contributed by atoms with Gasteiger partial charge in [-0.15, -0.1) is 0 Å². The van der Waals surface area contributed by atoms with Gasteiger partial charge in [-0.05, 0) is 37.8 Å². The first-order valence-corrected chi connectivity index (χ1v) is 7.16. The SMILES string of the molecule is Cc1cccc(C(=O)N2CCCCC2C(N)=S)c1Cl. The molecule has 19 heavy (non-hydrogen) atoms. The molecule has 1 aliphatic heterocycles. The normalized spacial score (nSPS) is 19.3. The third-order valence-electron chi connectivity index (χ3n) is 3.51. The van der Waals surface area contributed by atoms with Crippen LogP contribution in [0.2, 0.25) is 5.02 Å². The van der Waals surface area contributed by atoms with Gasteiger partial charge in [0.25, 0.3) is 5.91 Å². The van der Waals surface area contributed by atoms with Crippen molar-refractivity contribution in [3.05, 3.63) is 34.3 Å². The van der Waals surface area contributed by atoms with E-state index in [4.69, 9.17) is 29.6 Å². The molecule has 1 fully saturated rings. The quantitative estimate of drug-likeness (QED) is 0.854. The van der Waals surface area contributed by atoms with Crippen LogP contribution in [0.4, 0.5) is 0 Å². The summed E-state index contributed by atoms with van der Waals surface area (Å²) in [6.07, 6.45) is 2.87. The van der Waals surface area contributed by atoms with Gasteiger partial charge < -0.3 is 10.6 Å². The second-order valence-electron chi connectivity index (χ2n) is 4.85. The zero-order chi connectivity index (χ0) is 14.0. The van der Waals surface area contributed by atoms with Crippen LogP contribution in [0.25, 0.3) is 0 Å². The minimum atomic E-state index is -0.146. The van der Waals surface area contributed by atoms with Crippen molar-refractivity contribution in [1.29, 1.82) is 0 Å². The molecule has 1 amide bonds. The Kier molecular flexibility index (Phi) is 4.42. The summed E-state index contributed by atoms with van der Waals surface area (Å²) in [5.74, 6) is -0.0776. The van der Waals surface area contributed by atoms with E-state index in [1.54, 1.807) is 11.0 Å². The Balaban J connectivity index is 2.31. The van der Waals surface area contributed by atoms with Gasteiger partial charge >= 0.3 is 0 Å². The Morgan fingerprint density at radius 2 is 2.21 bits per heavy atom. The van der Waals surface area contributed by atoms with E-state index in [-0.39, 0.29) is 11.9 Å². The Bertz CT molecular complexity index is 518. The summed E-state index contributed by atoms with van der Waals surface area (Å²) in [5, 5.41) is 0.514. The smallest absolute Gasteiger partial charge is 0.255 e. The predicted octanol–water partition coefficient (Wildman–Crippen LogP) is 2.93. The van der Waals surface area contributed by atoms with Crippen molar-refractivity contribution >= 4 is 34.7 Å². The number of rotatable bonds is 2. The largest absolute Gasteiger partial charge is 0.392 e. The fourth-order valence-electron chi connectivity index (χ4n) is 2.44. The molecule has 3 nitrogen and oxygen atoms in total. The number of piperidine rings is 1. The van der Waals surface area contributed by atoms with Gasteiger partial charge in [-0.3, -0.25) is 4.79 Å². The highest BCUT2D eigenvalue weighted by Gasteiger charge is 2.30. The van der Waals surface area contributed by atoms with Gasteiger partial charge in [0.05, 0.1) is 21.6 Å². The number of carbonyl (C=O) groups excluding carboxylic acids is 1. The van der Waals surface area contributed by atoms with Gasteiger partial charge in [0.2, 0.25) is 0 Å². The number of thiocarbonyl (C=S) groups is 1. The van der Waals surface area contributed by atoms with Crippen molar-refractivity contribution in [3.63, 3.8) is 0 Å². The molecule has 1 atom stereocenters. The first-order chi connectivity index (χ1) is 9.02. The van der Waals surface area contributed by atoms with Crippen molar-refractivity contribution in [3.8, 4) is 0 Å². The summed E-state index contributed by atoms with van der Waals surface area (Å²) in [4.78, 5) is 14.8. The second kappa shape index (κ2) is 5.88. The molecule has 1 aromatic rings. The van der Waals surface area contributed by atoms with E-state index in [0.29, 0.717) is 22.1 Å². The Morgan fingerprint density at radius 3 is 2.89 bits per heavy atom. The molecular weight excluding hydrogens is 280 g/mol. The van der Waals surface area contributed by atoms with Crippen molar-refractivity contribution in [2.45, 2.75) is 32.2 Å². The number of nitrogens with zero attached hydrogens (tertiary/aromatic N) is 1. The van der Waals surface area contributed by atoms with E-state index in [1.165, 1.54) is 0 Å². The lowest BCUT2D eigenvalue weighted by molar-refractivity contribution is 0.0681. The third-order valence-corrected chi connectivity index (χ3v) is 4.29. The van der Waals surface area contributed by atoms with Crippen LogP contribution >= 0.6 is 23.8 Å². The van der Waals surface area contributed by atoms with Crippen LogP contribution < -0.4 is 5.73 Å². The number of nitrogens with two attached hydrogens (primary N) is 1. The topological polar surface area (TPSA) is 46.3 Å². The predicted molar refractivity (Wildman–Crippen MR) is 81.6 cm³/mol. The maximum absolute atomic E-state index is 12.6. The number of amides is 1. The van der Waals surface area contributed by atoms with Crippen molar-refractivity contribution < 1.29 is 4.79 Å². The molecule has 2 N–H and O–H groups in total. The van der Waals surface area contributed by atoms with Crippen LogP contribution in [0.15, 0.2) is 18.2 Å². The summed E-state index contributed by atoms with van der Waals surface area (Å²) in [6.45, 7) is 2.57. The molecule has 1 saturated heterocycles. The Labute approximate surface area is 123 Å². The van der Waals surface area contributed by atoms with E-state index in [2.05, 4.69) is 0 Å². The number of hydrogen-bond acceptors (Lipinski definition) is 2. The number of benzene rings is 1. The lowest BCUT2D eigenvalue weighted by atomic mass is 10.0. The summed E-state index contributed by atoms with van der Waals surface area (Å²) in [7, 11) is 0. The van der Waals surface area contributed by atoms with Gasteiger partial charge in [-0.25, -0.2) is 0 Å². The summed E-state index contributed by atoms with van der Waals surface area (Å²) in [5.41, 5.74) is 7.18. The number of halogens is 1. The first kappa shape index (κ1) is 14.3. The van der Waals surface area contributed by atoms with Crippen molar-refractivity contribution in [2.24, 2.45) is 5.73 Å². The highest BCUT2D eigenvalue weighted by atomic mass is 35.5. The molecule has 5 heteroatoms. The number of aryl methyl sites for hydroxylation is 1. The maximum atomic E-state index is 12.6. The molecule has 0 spiro atoms. The average Bonchev–Trinajstić information content (AvgIpc) is 2.41. The van der Waals surface area contributed by atoms with Crippen LogP contribution in [0.3, 0.4) is 0 Å². The fourth-order valence-corrected chi connectivity index (χ4v) is 2.89. The van der Waals surface area contributed by atoms with E-state index in [9.17, 15) is 4.79 Å². The van der Waals surface area contributed by atoms with Crippen LogP contribution in [-0.2, 0) is 0 Å². The Morgan fingerprint density at radius 1 is 1.47 bits per heavy atom. The van der Waals surface area contributed by atoms with E-state index >= 15 is 0 Å². The number of hydrogen-bond donors (Lipinski definition) is 1. The maximum Gasteiger partial charge on any atom is 0.255 e. The van der Waals surface area contributed by atoms with Crippen LogP contribution in [0.1, 0.15) is 35.2 Å². The van der Waals surface area contributed by atoms with Gasteiger partial charge in [-0.2, -0.15) is 0 Å². The summed E-state index contributed by atoms with van der Waals surface area (Å²) in [6, 6.07) is 5.34. The fraction of sp³-hybridized carbons (Fsp3) is 0.429. The third kappa shape index (κ3) is 2.90. The summed E-state index contributed by atoms with van der Waals surface area (Å²) < 4.78 is 0. The zero-order valence-corrected chi connectivity index (χ0v) is 12.4. The molecule has 0 saturated carbocycles. The van der Waals surface area contributed by atoms with Gasteiger partial charge in [0, 0.05) is 6.54 Å². The monoisotopic (exact) mass is 296 g/mol. The lowest BCUT2D eigenvalue weighted by Crippen LogP contribution is -2.49. The first-order valence-electron chi connectivity index (χ1n) is 6.37. The summed E-state index contributed by atoms with van der Waals surface area (Å²) >= 11 is 11.3. The molecule has 0 aromatic heterocycles. The standard InChI is InChI=1S/C14H17ClN2OS/c1-9-5-4-6-10(12(9)15)14(18)17-8-3-2-7-11(17)13(16)19/h4-6,11H,2-3,7-8H2,1H3,(H2,16,19). The van der Waals surface area contributed by atoms with Crippen LogP contribution in [0, 0.1) is 6.92 Å². The Hall–Kier alpha value is -1.13. The van der Waals surface area contributed by atoms with Gasteiger partial charge in [0.1, 0.15) is 0 Å². The highest BCUT2D eigenvalue weighted by molar-refractivity contribution is 7.80. The van der Waals surface area contributed by atoms with Crippen molar-refractivity contribution in [1.82, 2.24) is 4.90 Å². The minimum absolute atomic E-state index is 0.0776. The second-order valence-corrected chi connectivity index (χ2v) is 5.70. The van der Waals surface area contributed by atoms with Crippen LogP contribution in [0.5, 0.6) is 0 Å². The van der Waals surface area contributed by atoms with Crippen LogP contribution in [-0.4, -0.2) is 28.4 Å². The molecule has 0 radical (unpaired) electrons.